The van der Waals surface area contributed by atoms with E-state index in [4.69, 9.17) is 6.42 Å². The van der Waals surface area contributed by atoms with Gasteiger partial charge < -0.3 is 0 Å². The molecule has 33 valence electrons. The summed E-state index contributed by atoms with van der Waals surface area (Å²) in [6.45, 7) is 5.66. The first-order valence-electron chi connectivity index (χ1n) is 2.10. The van der Waals surface area contributed by atoms with Crippen LogP contribution in [0.3, 0.4) is 0 Å². The fourth-order valence-electron chi connectivity index (χ4n) is 0.118. The van der Waals surface area contributed by atoms with Crippen LogP contribution in [0.25, 0.3) is 0 Å². The Labute approximate surface area is 39.6 Å². The second-order valence-electron chi connectivity index (χ2n) is 1.27. The van der Waals surface area contributed by atoms with Crippen LogP contribution in [0.15, 0.2) is 0 Å². The molecule has 1 radical (unpaired) electrons. The highest BCUT2D eigenvalue weighted by atomic mass is 13.9. The molecule has 0 heterocycles. The molecule has 0 aromatic rings. The molecule has 0 rings (SSSR count). The summed E-state index contributed by atoms with van der Waals surface area (Å²) >= 11 is 0. The van der Waals surface area contributed by atoms with Crippen molar-refractivity contribution in [3.05, 3.63) is 6.92 Å². The molecule has 0 saturated carbocycles. The largest absolute Gasteiger partial charge is 0.120 e. The maximum Gasteiger partial charge on any atom is 0.0198 e. The molecule has 1 unspecified atom stereocenters. The fourth-order valence-corrected chi connectivity index (χ4v) is 0.118. The fraction of sp³-hybridized carbons (Fsp3) is 0.500. The molecule has 0 fully saturated rings. The zero-order valence-corrected chi connectivity index (χ0v) is 4.07. The summed E-state index contributed by atoms with van der Waals surface area (Å²) in [7, 11) is 0. The SMILES string of the molecule is C#CC([CH2])CC. The van der Waals surface area contributed by atoms with Crippen LogP contribution in [-0.4, -0.2) is 0 Å². The zero-order valence-electron chi connectivity index (χ0n) is 4.07. The summed E-state index contributed by atoms with van der Waals surface area (Å²) in [6.07, 6.45) is 5.95. The molecule has 0 nitrogen and oxygen atoms in total. The van der Waals surface area contributed by atoms with E-state index in [1.165, 1.54) is 0 Å². The lowest BCUT2D eigenvalue weighted by molar-refractivity contribution is 0.797. The average Bonchev–Trinajstić information content (AvgIpc) is 1.65. The summed E-state index contributed by atoms with van der Waals surface area (Å²) in [6, 6.07) is 0. The number of hydrogen-bond acceptors (Lipinski definition) is 0. The summed E-state index contributed by atoms with van der Waals surface area (Å²) in [5.41, 5.74) is 0. The van der Waals surface area contributed by atoms with Crippen LogP contribution in [0.1, 0.15) is 13.3 Å². The summed E-state index contributed by atoms with van der Waals surface area (Å²) in [4.78, 5) is 0. The Morgan fingerprint density at radius 1 is 2.00 bits per heavy atom. The van der Waals surface area contributed by atoms with E-state index in [1.807, 2.05) is 6.92 Å². The Hall–Kier alpha value is -0.440. The Morgan fingerprint density at radius 2 is 2.50 bits per heavy atom. The molecule has 1 atom stereocenters. The van der Waals surface area contributed by atoms with Gasteiger partial charge in [-0.2, -0.15) is 0 Å². The van der Waals surface area contributed by atoms with Gasteiger partial charge in [0.15, 0.2) is 0 Å². The third-order valence-corrected chi connectivity index (χ3v) is 0.729. The summed E-state index contributed by atoms with van der Waals surface area (Å²) < 4.78 is 0. The van der Waals surface area contributed by atoms with E-state index < -0.39 is 0 Å². The van der Waals surface area contributed by atoms with Gasteiger partial charge in [-0.05, 0) is 13.3 Å². The minimum absolute atomic E-state index is 0.213. The van der Waals surface area contributed by atoms with E-state index in [0.717, 1.165) is 6.42 Å². The molecule has 0 heteroatoms. The monoisotopic (exact) mass is 81.1 g/mol. The predicted octanol–water partition coefficient (Wildman–Crippen LogP) is 1.48. The van der Waals surface area contributed by atoms with Crippen molar-refractivity contribution in [1.29, 1.82) is 0 Å². The van der Waals surface area contributed by atoms with E-state index >= 15 is 0 Å². The first kappa shape index (κ1) is 5.56. The Bertz CT molecular complexity index is 56.9. The predicted molar refractivity (Wildman–Crippen MR) is 28.0 cm³/mol. The van der Waals surface area contributed by atoms with E-state index in [0.29, 0.717) is 0 Å². The highest BCUT2D eigenvalue weighted by molar-refractivity contribution is 4.93. The standard InChI is InChI=1S/C6H9/c1-4-6(3)5-2/h1,6H,3,5H2,2H3. The van der Waals surface area contributed by atoms with Crippen LogP contribution in [0.4, 0.5) is 0 Å². The second kappa shape index (κ2) is 2.78. The van der Waals surface area contributed by atoms with E-state index in [1.54, 1.807) is 0 Å². The van der Waals surface area contributed by atoms with Gasteiger partial charge in [0.2, 0.25) is 0 Å². The minimum Gasteiger partial charge on any atom is -0.120 e. The van der Waals surface area contributed by atoms with Crippen LogP contribution in [0.5, 0.6) is 0 Å². The maximum atomic E-state index is 4.97. The molecule has 0 aliphatic rings. The second-order valence-corrected chi connectivity index (χ2v) is 1.27. The van der Waals surface area contributed by atoms with Gasteiger partial charge in [0.1, 0.15) is 0 Å². The maximum absolute atomic E-state index is 4.97. The van der Waals surface area contributed by atoms with Crippen molar-refractivity contribution < 1.29 is 0 Å². The number of rotatable bonds is 1. The van der Waals surface area contributed by atoms with Gasteiger partial charge in [-0.3, -0.25) is 0 Å². The highest BCUT2D eigenvalue weighted by Gasteiger charge is 1.85. The lowest BCUT2D eigenvalue weighted by Gasteiger charge is -1.90. The number of hydrogen-bond donors (Lipinski definition) is 0. The Morgan fingerprint density at radius 3 is 2.50 bits per heavy atom. The van der Waals surface area contributed by atoms with Gasteiger partial charge >= 0.3 is 0 Å². The normalized spacial score (nSPS) is 12.8. The molecular weight excluding hydrogens is 72.1 g/mol. The highest BCUT2D eigenvalue weighted by Crippen LogP contribution is 1.93. The van der Waals surface area contributed by atoms with Crippen LogP contribution >= 0.6 is 0 Å². The Kier molecular flexibility index (Phi) is 2.58. The number of terminal acetylenes is 1. The van der Waals surface area contributed by atoms with Gasteiger partial charge in [0.25, 0.3) is 0 Å². The molecule has 6 heavy (non-hydrogen) atoms. The van der Waals surface area contributed by atoms with E-state index in [-0.39, 0.29) is 5.92 Å². The van der Waals surface area contributed by atoms with Gasteiger partial charge in [0.05, 0.1) is 0 Å². The molecule has 0 bridgehead atoms. The van der Waals surface area contributed by atoms with Crippen molar-refractivity contribution in [2.24, 2.45) is 5.92 Å². The topological polar surface area (TPSA) is 0 Å². The molecule has 0 saturated heterocycles. The van der Waals surface area contributed by atoms with Crippen LogP contribution in [0.2, 0.25) is 0 Å². The third kappa shape index (κ3) is 1.84. The molecule has 0 amide bonds. The van der Waals surface area contributed by atoms with Gasteiger partial charge in [-0.15, -0.1) is 12.3 Å². The molecule has 0 aromatic carbocycles. The van der Waals surface area contributed by atoms with Crippen molar-refractivity contribution in [1.82, 2.24) is 0 Å². The third-order valence-electron chi connectivity index (χ3n) is 0.729. The van der Waals surface area contributed by atoms with Crippen molar-refractivity contribution >= 4 is 0 Å². The summed E-state index contributed by atoms with van der Waals surface area (Å²) in [5.74, 6) is 2.72. The molecule has 0 N–H and O–H groups in total. The summed E-state index contributed by atoms with van der Waals surface area (Å²) in [5, 5.41) is 0. The Balaban J connectivity index is 3.04. The lowest BCUT2D eigenvalue weighted by Crippen LogP contribution is -1.82. The van der Waals surface area contributed by atoms with Crippen molar-refractivity contribution in [3.8, 4) is 12.3 Å². The van der Waals surface area contributed by atoms with Gasteiger partial charge in [0, 0.05) is 5.92 Å². The van der Waals surface area contributed by atoms with Crippen molar-refractivity contribution in [3.63, 3.8) is 0 Å². The first-order valence-corrected chi connectivity index (χ1v) is 2.10. The van der Waals surface area contributed by atoms with E-state index in [2.05, 4.69) is 12.8 Å². The molecule has 0 spiro atoms. The molecule has 0 aliphatic carbocycles. The van der Waals surface area contributed by atoms with Crippen LogP contribution < -0.4 is 0 Å². The van der Waals surface area contributed by atoms with Crippen molar-refractivity contribution in [2.45, 2.75) is 13.3 Å². The zero-order chi connectivity index (χ0) is 4.99. The van der Waals surface area contributed by atoms with Gasteiger partial charge in [-0.1, -0.05) is 6.92 Å². The van der Waals surface area contributed by atoms with Crippen LogP contribution in [-0.2, 0) is 0 Å². The van der Waals surface area contributed by atoms with Crippen LogP contribution in [0, 0.1) is 25.2 Å². The first-order chi connectivity index (χ1) is 2.81. The van der Waals surface area contributed by atoms with Crippen molar-refractivity contribution in [2.75, 3.05) is 0 Å². The molecular formula is C6H9. The smallest absolute Gasteiger partial charge is 0.0198 e. The van der Waals surface area contributed by atoms with Gasteiger partial charge in [-0.25, -0.2) is 0 Å². The average molecular weight is 81.1 g/mol. The quantitative estimate of drug-likeness (QED) is 0.419. The molecule has 0 aliphatic heterocycles. The lowest BCUT2D eigenvalue weighted by atomic mass is 10.1. The molecule has 0 aromatic heterocycles. The minimum atomic E-state index is 0.213. The van der Waals surface area contributed by atoms with E-state index in [9.17, 15) is 0 Å².